The van der Waals surface area contributed by atoms with E-state index >= 15 is 0 Å². The van der Waals surface area contributed by atoms with E-state index in [1.807, 2.05) is 0 Å². The van der Waals surface area contributed by atoms with E-state index in [0.717, 1.165) is 0 Å². The van der Waals surface area contributed by atoms with E-state index in [1.165, 1.54) is 20.8 Å². The van der Waals surface area contributed by atoms with Crippen LogP contribution in [0.25, 0.3) is 0 Å². The third-order valence-electron chi connectivity index (χ3n) is 3.29. The normalized spacial score (nSPS) is 16.2. The van der Waals surface area contributed by atoms with Crippen LogP contribution in [0.3, 0.4) is 0 Å². The van der Waals surface area contributed by atoms with Crippen molar-refractivity contribution in [2.45, 2.75) is 50.5 Å². The highest BCUT2D eigenvalue weighted by atomic mass is 32.3. The fourth-order valence-electron chi connectivity index (χ4n) is 1.75. The molecule has 0 fully saturated rings. The summed E-state index contributed by atoms with van der Waals surface area (Å²) in [6, 6.07) is 0. The van der Waals surface area contributed by atoms with Crippen molar-refractivity contribution in [3.63, 3.8) is 0 Å². The number of hydrogen-bond donors (Lipinski definition) is 0. The Bertz CT molecular complexity index is 554. The van der Waals surface area contributed by atoms with Crippen molar-refractivity contribution in [1.29, 1.82) is 0 Å². The molecule has 0 aromatic rings. The Balaban J connectivity index is 6.14. The summed E-state index contributed by atoms with van der Waals surface area (Å²) in [7, 11) is -9.72. The molecule has 0 saturated carbocycles. The molecule has 0 atom stereocenters. The highest BCUT2D eigenvalue weighted by Crippen LogP contribution is 2.58. The lowest BCUT2D eigenvalue weighted by Crippen LogP contribution is -2.63. The van der Waals surface area contributed by atoms with Gasteiger partial charge in [0.2, 0.25) is 0 Å². The Morgan fingerprint density at radius 2 is 1.16 bits per heavy atom. The molecular weight excluding hydrogens is 415 g/mol. The minimum atomic E-state index is -7.29. The van der Waals surface area contributed by atoms with Gasteiger partial charge in [0, 0.05) is 5.75 Å². The molecule has 154 valence electrons. The van der Waals surface area contributed by atoms with Crippen LogP contribution < -0.4 is 0 Å². The van der Waals surface area contributed by atoms with Gasteiger partial charge in [-0.05, 0) is 17.9 Å². The van der Waals surface area contributed by atoms with Crippen LogP contribution in [-0.4, -0.2) is 49.0 Å². The average Bonchev–Trinajstić information content (AvgIpc) is 2.44. The summed E-state index contributed by atoms with van der Waals surface area (Å²) >= 11 is 0. The van der Waals surface area contributed by atoms with Gasteiger partial charge in [-0.25, -0.2) is 3.63 Å². The van der Waals surface area contributed by atoms with E-state index < -0.39 is 43.7 Å². The monoisotopic (exact) mass is 432 g/mol. The molecule has 0 unspecified atom stereocenters. The van der Waals surface area contributed by atoms with Crippen LogP contribution in [0.5, 0.6) is 0 Å². The Morgan fingerprint density at radius 3 is 1.44 bits per heavy atom. The van der Waals surface area contributed by atoms with Gasteiger partial charge in [-0.1, -0.05) is 20.8 Å². The second-order valence-corrected chi connectivity index (χ2v) is 10.4. The molecule has 0 N–H and O–H groups in total. The molecule has 0 radical (unpaired) electrons. The number of alkyl halides is 9. The zero-order chi connectivity index (χ0) is 20.5. The standard InChI is InChI=1S/C11H17F9O3S2/c1-4-7-24(5-2,6-3)23-25(21,22)11(19,20)9(14,15)8(12,13)10(16,17)18/h4-7H2,1-3H3. The zero-order valence-corrected chi connectivity index (χ0v) is 14.9. The van der Waals surface area contributed by atoms with E-state index in [9.17, 15) is 47.9 Å². The zero-order valence-electron chi connectivity index (χ0n) is 13.3. The van der Waals surface area contributed by atoms with Crippen LogP contribution in [-0.2, 0) is 13.7 Å². The maximum Gasteiger partial charge on any atom is 0.460 e. The topological polar surface area (TPSA) is 43.4 Å². The lowest BCUT2D eigenvalue weighted by Gasteiger charge is -2.39. The fraction of sp³-hybridized carbons (Fsp3) is 1.00. The summed E-state index contributed by atoms with van der Waals surface area (Å²) < 4.78 is 143. The predicted octanol–water partition coefficient (Wildman–Crippen LogP) is 4.93. The molecule has 0 spiro atoms. The lowest BCUT2D eigenvalue weighted by atomic mass is 10.1. The fourth-order valence-corrected chi connectivity index (χ4v) is 6.82. The SMILES string of the molecule is CCCS(CC)(CC)OS(=O)(=O)C(F)(F)C(F)(F)C(F)(F)C(F)(F)F. The van der Waals surface area contributed by atoms with Gasteiger partial charge in [0.1, 0.15) is 0 Å². The van der Waals surface area contributed by atoms with E-state index in [0.29, 0.717) is 0 Å². The lowest BCUT2D eigenvalue weighted by molar-refractivity contribution is -0.382. The molecule has 0 amide bonds. The predicted molar refractivity (Wildman–Crippen MR) is 74.7 cm³/mol. The number of rotatable bonds is 9. The van der Waals surface area contributed by atoms with Crippen molar-refractivity contribution in [2.75, 3.05) is 17.3 Å². The van der Waals surface area contributed by atoms with Gasteiger partial charge in [0.15, 0.2) is 0 Å². The molecule has 0 aromatic heterocycles. The summed E-state index contributed by atoms with van der Waals surface area (Å²) in [5.74, 6) is -15.1. The molecule has 0 rings (SSSR count). The van der Waals surface area contributed by atoms with Crippen LogP contribution in [0.2, 0.25) is 0 Å². The minimum absolute atomic E-state index is 0.142. The van der Waals surface area contributed by atoms with E-state index in [4.69, 9.17) is 0 Å². The van der Waals surface area contributed by atoms with E-state index in [1.54, 1.807) is 0 Å². The first-order valence-corrected chi connectivity index (χ1v) is 10.3. The molecule has 0 aliphatic rings. The summed E-state index contributed by atoms with van der Waals surface area (Å²) in [5.41, 5.74) is 0. The van der Waals surface area contributed by atoms with Gasteiger partial charge in [-0.15, -0.1) is 10.3 Å². The largest absolute Gasteiger partial charge is 0.460 e. The average molecular weight is 432 g/mol. The van der Waals surface area contributed by atoms with Gasteiger partial charge in [0.25, 0.3) is 0 Å². The van der Waals surface area contributed by atoms with Crippen molar-refractivity contribution < 1.29 is 51.6 Å². The summed E-state index contributed by atoms with van der Waals surface area (Å²) in [4.78, 5) is 0. The summed E-state index contributed by atoms with van der Waals surface area (Å²) in [6.07, 6.45) is -6.91. The third-order valence-corrected chi connectivity index (χ3v) is 9.30. The molecule has 25 heavy (non-hydrogen) atoms. The second kappa shape index (κ2) is 7.33. The molecule has 0 aliphatic heterocycles. The van der Waals surface area contributed by atoms with Crippen molar-refractivity contribution in [3.05, 3.63) is 0 Å². The first-order chi connectivity index (χ1) is 10.9. The van der Waals surface area contributed by atoms with E-state index in [-0.39, 0.29) is 23.7 Å². The van der Waals surface area contributed by atoms with Gasteiger partial charge in [-0.3, -0.25) is 0 Å². The van der Waals surface area contributed by atoms with Crippen LogP contribution in [0.15, 0.2) is 0 Å². The number of halogens is 9. The number of hydrogen-bond acceptors (Lipinski definition) is 3. The Kier molecular flexibility index (Phi) is 7.22. The molecule has 0 heterocycles. The molecule has 0 aliphatic carbocycles. The van der Waals surface area contributed by atoms with Crippen molar-refractivity contribution in [2.24, 2.45) is 0 Å². The van der Waals surface area contributed by atoms with Gasteiger partial charge in [-0.2, -0.15) is 47.9 Å². The Morgan fingerprint density at radius 1 is 0.760 bits per heavy atom. The maximum atomic E-state index is 13.6. The first-order valence-electron chi connectivity index (χ1n) is 6.81. The van der Waals surface area contributed by atoms with Crippen LogP contribution in [0, 0.1) is 0 Å². The third kappa shape index (κ3) is 4.15. The Labute approximate surface area is 140 Å². The molecule has 14 heteroatoms. The van der Waals surface area contributed by atoms with Gasteiger partial charge >= 0.3 is 33.4 Å². The molecular formula is C11H17F9O3S2. The summed E-state index contributed by atoms with van der Waals surface area (Å²) in [5, 5.41) is -6.80. The van der Waals surface area contributed by atoms with E-state index in [2.05, 4.69) is 3.63 Å². The second-order valence-electron chi connectivity index (χ2n) is 4.93. The minimum Gasteiger partial charge on any atom is -0.215 e. The molecule has 3 nitrogen and oxygen atoms in total. The van der Waals surface area contributed by atoms with Crippen LogP contribution in [0.1, 0.15) is 27.2 Å². The molecule has 0 aromatic carbocycles. The smallest absolute Gasteiger partial charge is 0.215 e. The van der Waals surface area contributed by atoms with Gasteiger partial charge in [0.05, 0.1) is 0 Å². The van der Waals surface area contributed by atoms with Crippen molar-refractivity contribution in [3.8, 4) is 0 Å². The van der Waals surface area contributed by atoms with Gasteiger partial charge < -0.3 is 0 Å². The highest BCUT2D eigenvalue weighted by Gasteiger charge is 2.86. The van der Waals surface area contributed by atoms with Crippen LogP contribution in [0.4, 0.5) is 39.5 Å². The summed E-state index contributed by atoms with van der Waals surface area (Å²) in [6.45, 7) is 4.09. The highest BCUT2D eigenvalue weighted by molar-refractivity contribution is 8.33. The van der Waals surface area contributed by atoms with Crippen LogP contribution >= 0.6 is 10.3 Å². The van der Waals surface area contributed by atoms with Crippen molar-refractivity contribution in [1.82, 2.24) is 0 Å². The molecule has 0 saturated heterocycles. The first kappa shape index (κ1) is 24.6. The van der Waals surface area contributed by atoms with Crippen molar-refractivity contribution >= 4 is 20.4 Å². The quantitative estimate of drug-likeness (QED) is 0.486. The molecule has 0 bridgehead atoms. The maximum absolute atomic E-state index is 13.6. The Hall–Kier alpha value is -0.370.